The summed E-state index contributed by atoms with van der Waals surface area (Å²) in [7, 11) is 0. The number of rotatable bonds is 4. The zero-order valence-corrected chi connectivity index (χ0v) is 14.1. The fourth-order valence-corrected chi connectivity index (χ4v) is 4.19. The standard InChI is InChI=1S/C18H25ClN2O2/c19-16-4-2-1-3-15(16)18(7-9-23-10-8-18)12-21-17(22)13-5-6-14(20)11-13/h1-4,13-14H,5-12,20H2,(H,21,22)/t13-,14+/m1/s1. The molecule has 0 bridgehead atoms. The first-order valence-corrected chi connectivity index (χ1v) is 8.84. The molecular formula is C18H25ClN2O2. The Morgan fingerprint density at radius 3 is 2.70 bits per heavy atom. The highest BCUT2D eigenvalue weighted by Gasteiger charge is 2.37. The molecule has 2 fully saturated rings. The third-order valence-corrected chi connectivity index (χ3v) is 5.67. The molecule has 2 aliphatic rings. The second kappa shape index (κ2) is 7.20. The van der Waals surface area contributed by atoms with Gasteiger partial charge in [-0.2, -0.15) is 0 Å². The minimum atomic E-state index is -0.132. The Bertz CT molecular complexity index is 558. The van der Waals surface area contributed by atoms with Crippen LogP contribution in [0.5, 0.6) is 0 Å². The van der Waals surface area contributed by atoms with Crippen LogP contribution in [-0.4, -0.2) is 31.7 Å². The number of amides is 1. The van der Waals surface area contributed by atoms with Gasteiger partial charge in [-0.05, 0) is 43.7 Å². The summed E-state index contributed by atoms with van der Waals surface area (Å²) in [6.07, 6.45) is 4.40. The Kier molecular flexibility index (Phi) is 5.24. The number of hydrogen-bond acceptors (Lipinski definition) is 3. The van der Waals surface area contributed by atoms with Crippen molar-refractivity contribution in [3.05, 3.63) is 34.9 Å². The van der Waals surface area contributed by atoms with Gasteiger partial charge in [0, 0.05) is 42.2 Å². The lowest BCUT2D eigenvalue weighted by atomic mass is 9.74. The molecule has 0 spiro atoms. The fourth-order valence-electron chi connectivity index (χ4n) is 3.85. The summed E-state index contributed by atoms with van der Waals surface area (Å²) < 4.78 is 5.53. The third kappa shape index (κ3) is 3.70. The molecule has 1 aliphatic heterocycles. The third-order valence-electron chi connectivity index (χ3n) is 5.34. The highest BCUT2D eigenvalue weighted by Crippen LogP contribution is 2.38. The van der Waals surface area contributed by atoms with Gasteiger partial charge in [-0.25, -0.2) is 0 Å². The molecule has 23 heavy (non-hydrogen) atoms. The maximum atomic E-state index is 12.5. The van der Waals surface area contributed by atoms with Gasteiger partial charge in [-0.1, -0.05) is 29.8 Å². The Morgan fingerprint density at radius 2 is 2.04 bits per heavy atom. The summed E-state index contributed by atoms with van der Waals surface area (Å²) in [6.45, 7) is 2.02. The van der Waals surface area contributed by atoms with E-state index in [0.717, 1.165) is 42.7 Å². The molecule has 0 aromatic heterocycles. The Morgan fingerprint density at radius 1 is 1.30 bits per heavy atom. The van der Waals surface area contributed by atoms with Crippen LogP contribution in [0, 0.1) is 5.92 Å². The van der Waals surface area contributed by atoms with Gasteiger partial charge in [0.25, 0.3) is 0 Å². The molecule has 1 saturated carbocycles. The molecule has 2 atom stereocenters. The lowest BCUT2D eigenvalue weighted by molar-refractivity contribution is -0.125. The van der Waals surface area contributed by atoms with Gasteiger partial charge < -0.3 is 15.8 Å². The van der Waals surface area contributed by atoms with E-state index < -0.39 is 0 Å². The van der Waals surface area contributed by atoms with E-state index in [0.29, 0.717) is 19.8 Å². The van der Waals surface area contributed by atoms with Crippen LogP contribution in [0.3, 0.4) is 0 Å². The van der Waals surface area contributed by atoms with Crippen molar-refractivity contribution in [1.29, 1.82) is 0 Å². The SMILES string of the molecule is N[C@H]1CC[C@@H](C(=O)NCC2(c3ccccc3Cl)CCOCC2)C1. The van der Waals surface area contributed by atoms with Gasteiger partial charge in [0.15, 0.2) is 0 Å². The molecule has 1 saturated heterocycles. The number of benzene rings is 1. The van der Waals surface area contributed by atoms with Crippen LogP contribution in [0.25, 0.3) is 0 Å². The van der Waals surface area contributed by atoms with Crippen LogP contribution in [-0.2, 0) is 14.9 Å². The zero-order valence-electron chi connectivity index (χ0n) is 13.4. The zero-order chi connectivity index (χ0) is 16.3. The lowest BCUT2D eigenvalue weighted by Gasteiger charge is -2.38. The van der Waals surface area contributed by atoms with E-state index in [-0.39, 0.29) is 23.3 Å². The Hall–Kier alpha value is -1.10. The monoisotopic (exact) mass is 336 g/mol. The summed E-state index contributed by atoms with van der Waals surface area (Å²) in [5.74, 6) is 0.198. The van der Waals surface area contributed by atoms with E-state index in [1.807, 2.05) is 18.2 Å². The lowest BCUT2D eigenvalue weighted by Crippen LogP contribution is -2.46. The first-order valence-electron chi connectivity index (χ1n) is 8.47. The van der Waals surface area contributed by atoms with Gasteiger partial charge in [-0.3, -0.25) is 4.79 Å². The van der Waals surface area contributed by atoms with Gasteiger partial charge in [0.05, 0.1) is 0 Å². The number of nitrogens with two attached hydrogens (primary N) is 1. The maximum Gasteiger partial charge on any atom is 0.223 e. The highest BCUT2D eigenvalue weighted by molar-refractivity contribution is 6.31. The quantitative estimate of drug-likeness (QED) is 0.888. The molecule has 5 heteroatoms. The van der Waals surface area contributed by atoms with Crippen LogP contribution in [0.4, 0.5) is 0 Å². The number of halogens is 1. The van der Waals surface area contributed by atoms with Crippen LogP contribution in [0.1, 0.15) is 37.7 Å². The van der Waals surface area contributed by atoms with Crippen LogP contribution < -0.4 is 11.1 Å². The molecule has 1 aromatic rings. The van der Waals surface area contributed by atoms with Crippen LogP contribution in [0.2, 0.25) is 5.02 Å². The van der Waals surface area contributed by atoms with Crippen molar-refractivity contribution < 1.29 is 9.53 Å². The van der Waals surface area contributed by atoms with E-state index in [1.54, 1.807) is 0 Å². The van der Waals surface area contributed by atoms with Gasteiger partial charge in [0.1, 0.15) is 0 Å². The number of carbonyl (C=O) groups excluding carboxylic acids is 1. The Balaban J connectivity index is 1.72. The van der Waals surface area contributed by atoms with E-state index in [2.05, 4.69) is 11.4 Å². The van der Waals surface area contributed by atoms with Crippen molar-refractivity contribution in [2.75, 3.05) is 19.8 Å². The summed E-state index contributed by atoms with van der Waals surface area (Å²) in [5.41, 5.74) is 6.91. The van der Waals surface area contributed by atoms with E-state index in [4.69, 9.17) is 22.1 Å². The van der Waals surface area contributed by atoms with Crippen molar-refractivity contribution in [3.63, 3.8) is 0 Å². The molecule has 0 unspecified atom stereocenters. The number of ether oxygens (including phenoxy) is 1. The van der Waals surface area contributed by atoms with Crippen LogP contribution in [0.15, 0.2) is 24.3 Å². The minimum absolute atomic E-state index is 0.0631. The molecule has 3 rings (SSSR count). The average Bonchev–Trinajstić information content (AvgIpc) is 3.00. The summed E-state index contributed by atoms with van der Waals surface area (Å²) in [6, 6.07) is 8.12. The van der Waals surface area contributed by atoms with Gasteiger partial charge >= 0.3 is 0 Å². The average molecular weight is 337 g/mol. The molecule has 4 nitrogen and oxygen atoms in total. The minimum Gasteiger partial charge on any atom is -0.381 e. The second-order valence-electron chi connectivity index (χ2n) is 6.86. The van der Waals surface area contributed by atoms with Crippen molar-refractivity contribution in [3.8, 4) is 0 Å². The number of carbonyl (C=O) groups is 1. The normalized spacial score (nSPS) is 26.9. The molecule has 1 aliphatic carbocycles. The van der Waals surface area contributed by atoms with Crippen LogP contribution >= 0.6 is 11.6 Å². The van der Waals surface area contributed by atoms with Gasteiger partial charge in [-0.15, -0.1) is 0 Å². The predicted molar refractivity (Wildman–Crippen MR) is 91.5 cm³/mol. The largest absolute Gasteiger partial charge is 0.381 e. The molecule has 1 amide bonds. The Labute approximate surface area is 142 Å². The van der Waals surface area contributed by atoms with Crippen molar-refractivity contribution in [1.82, 2.24) is 5.32 Å². The first kappa shape index (κ1) is 16.7. The molecular weight excluding hydrogens is 312 g/mol. The van der Waals surface area contributed by atoms with E-state index in [9.17, 15) is 4.79 Å². The van der Waals surface area contributed by atoms with E-state index >= 15 is 0 Å². The van der Waals surface area contributed by atoms with E-state index in [1.165, 1.54) is 0 Å². The highest BCUT2D eigenvalue weighted by atomic mass is 35.5. The topological polar surface area (TPSA) is 64.4 Å². The maximum absolute atomic E-state index is 12.5. The summed E-state index contributed by atoms with van der Waals surface area (Å²) >= 11 is 6.44. The van der Waals surface area contributed by atoms with Crippen molar-refractivity contribution >= 4 is 17.5 Å². The van der Waals surface area contributed by atoms with Gasteiger partial charge in [0.2, 0.25) is 5.91 Å². The first-order chi connectivity index (χ1) is 11.1. The molecule has 0 radical (unpaired) electrons. The molecule has 1 heterocycles. The molecule has 3 N–H and O–H groups in total. The predicted octanol–water partition coefficient (Wildman–Crippen LogP) is 2.63. The molecule has 1 aromatic carbocycles. The smallest absolute Gasteiger partial charge is 0.223 e. The molecule has 126 valence electrons. The summed E-state index contributed by atoms with van der Waals surface area (Å²) in [4.78, 5) is 12.5. The second-order valence-corrected chi connectivity index (χ2v) is 7.27. The number of nitrogens with one attached hydrogen (secondary N) is 1. The number of hydrogen-bond donors (Lipinski definition) is 2. The van der Waals surface area contributed by atoms with Crippen molar-refractivity contribution in [2.24, 2.45) is 11.7 Å². The summed E-state index contributed by atoms with van der Waals surface area (Å²) in [5, 5.41) is 3.94. The fraction of sp³-hybridized carbons (Fsp3) is 0.611. The van der Waals surface area contributed by atoms with Crippen molar-refractivity contribution in [2.45, 2.75) is 43.6 Å².